The number of fused-ring (bicyclic) bond motifs is 1. The molecule has 2 fully saturated rings. The molecule has 1 atom stereocenters. The summed E-state index contributed by atoms with van der Waals surface area (Å²) in [4.78, 5) is 2.14. The summed E-state index contributed by atoms with van der Waals surface area (Å²) in [7, 11) is 0. The maximum Gasteiger partial charge on any atom is 0.270 e. The molecule has 2 aliphatic heterocycles. The summed E-state index contributed by atoms with van der Waals surface area (Å²) in [5.74, 6) is 0. The number of nitrogens with zero attached hydrogens (tertiary/aromatic N) is 1. The molecule has 2 heterocycles. The Bertz CT molecular complexity index is 268. The highest BCUT2D eigenvalue weighted by Crippen LogP contribution is 2.42. The van der Waals surface area contributed by atoms with Crippen LogP contribution in [-0.2, 0) is 3.07 Å². The first-order valence-electron chi connectivity index (χ1n) is 4.69. The van der Waals surface area contributed by atoms with Crippen molar-refractivity contribution in [3.05, 3.63) is 11.7 Å². The molecule has 2 rings (SSSR count). The van der Waals surface area contributed by atoms with Crippen molar-refractivity contribution in [1.29, 1.82) is 0 Å². The monoisotopic (exact) mass is 315 g/mol. The Labute approximate surface area is 96.0 Å². The van der Waals surface area contributed by atoms with Gasteiger partial charge in [-0.3, -0.25) is 4.90 Å². The Morgan fingerprint density at radius 1 is 1.57 bits per heavy atom. The highest BCUT2D eigenvalue weighted by atomic mass is 127. The molecule has 0 radical (unpaired) electrons. The molecule has 0 bridgehead atoms. The van der Waals surface area contributed by atoms with Gasteiger partial charge in [0.15, 0.2) is 0 Å². The molecule has 2 saturated heterocycles. The first-order valence-corrected chi connectivity index (χ1v) is 5.58. The Morgan fingerprint density at radius 3 is 3.00 bits per heavy atom. The third-order valence-corrected chi connectivity index (χ3v) is 3.57. The second kappa shape index (κ2) is 4.02. The predicted octanol–water partition coefficient (Wildman–Crippen LogP) is 2.74. The molecule has 5 heteroatoms. The minimum absolute atomic E-state index is 0.125. The molecule has 2 nitrogen and oxygen atoms in total. The van der Waals surface area contributed by atoms with Crippen LogP contribution in [0.1, 0.15) is 19.3 Å². The van der Waals surface area contributed by atoms with Gasteiger partial charge in [0.1, 0.15) is 23.0 Å². The standard InChI is InChI=1S/C9H12F2INO/c10-8(11)7-4-9(6-14-12)2-1-3-13(9)5-7/h1-6H2. The summed E-state index contributed by atoms with van der Waals surface area (Å²) in [6.45, 7) is 1.92. The summed E-state index contributed by atoms with van der Waals surface area (Å²) in [6.07, 6.45) is 1.07. The van der Waals surface area contributed by atoms with Crippen molar-refractivity contribution in [2.75, 3.05) is 19.7 Å². The third-order valence-electron chi connectivity index (χ3n) is 3.26. The predicted molar refractivity (Wildman–Crippen MR) is 57.4 cm³/mol. The van der Waals surface area contributed by atoms with Crippen LogP contribution in [0.15, 0.2) is 11.7 Å². The van der Waals surface area contributed by atoms with E-state index in [1.54, 1.807) is 0 Å². The maximum absolute atomic E-state index is 12.5. The topological polar surface area (TPSA) is 12.5 Å². The van der Waals surface area contributed by atoms with Crippen molar-refractivity contribution in [3.63, 3.8) is 0 Å². The van der Waals surface area contributed by atoms with Crippen LogP contribution in [0.4, 0.5) is 8.78 Å². The van der Waals surface area contributed by atoms with Gasteiger partial charge >= 0.3 is 0 Å². The van der Waals surface area contributed by atoms with Crippen LogP contribution in [0.2, 0.25) is 0 Å². The van der Waals surface area contributed by atoms with Gasteiger partial charge in [-0.2, -0.15) is 8.78 Å². The van der Waals surface area contributed by atoms with Gasteiger partial charge in [-0.25, -0.2) is 0 Å². The minimum atomic E-state index is -1.49. The molecular weight excluding hydrogens is 303 g/mol. The minimum Gasteiger partial charge on any atom is -0.314 e. The van der Waals surface area contributed by atoms with Crippen LogP contribution in [0.25, 0.3) is 0 Å². The molecule has 80 valence electrons. The molecular formula is C9H12F2INO. The fourth-order valence-electron chi connectivity index (χ4n) is 2.57. The normalized spacial score (nSPS) is 32.4. The molecule has 0 saturated carbocycles. The van der Waals surface area contributed by atoms with E-state index in [1.165, 1.54) is 0 Å². The summed E-state index contributed by atoms with van der Waals surface area (Å²) in [5.41, 5.74) is 0.179. The van der Waals surface area contributed by atoms with Crippen LogP contribution < -0.4 is 0 Å². The lowest BCUT2D eigenvalue weighted by Gasteiger charge is -2.29. The van der Waals surface area contributed by atoms with E-state index in [0.717, 1.165) is 19.4 Å². The molecule has 2 aliphatic rings. The second-order valence-electron chi connectivity index (χ2n) is 4.04. The lowest BCUT2D eigenvalue weighted by atomic mass is 9.94. The van der Waals surface area contributed by atoms with Gasteiger partial charge in [0.05, 0.1) is 6.61 Å². The van der Waals surface area contributed by atoms with Crippen LogP contribution in [0, 0.1) is 0 Å². The van der Waals surface area contributed by atoms with Crippen molar-refractivity contribution in [2.45, 2.75) is 24.8 Å². The van der Waals surface area contributed by atoms with Crippen molar-refractivity contribution in [3.8, 4) is 0 Å². The van der Waals surface area contributed by atoms with E-state index in [1.807, 2.05) is 23.0 Å². The van der Waals surface area contributed by atoms with Gasteiger partial charge in [0, 0.05) is 17.7 Å². The van der Waals surface area contributed by atoms with E-state index < -0.39 is 6.08 Å². The Morgan fingerprint density at radius 2 is 2.36 bits per heavy atom. The van der Waals surface area contributed by atoms with Crippen LogP contribution in [-0.4, -0.2) is 30.1 Å². The molecule has 1 unspecified atom stereocenters. The van der Waals surface area contributed by atoms with Gasteiger partial charge in [0.2, 0.25) is 0 Å². The SMILES string of the molecule is FC(F)=C1CN2CCCC2(COI)C1. The first kappa shape index (κ1) is 10.8. The lowest BCUT2D eigenvalue weighted by molar-refractivity contribution is 0.139. The van der Waals surface area contributed by atoms with E-state index >= 15 is 0 Å². The molecule has 0 aromatic heterocycles. The Hall–Kier alpha value is 0.250. The first-order chi connectivity index (χ1) is 6.68. The fourth-order valence-corrected chi connectivity index (χ4v) is 3.15. The van der Waals surface area contributed by atoms with E-state index in [2.05, 4.69) is 4.90 Å². The van der Waals surface area contributed by atoms with Crippen LogP contribution in [0.5, 0.6) is 0 Å². The maximum atomic E-state index is 12.5. The molecule has 0 aliphatic carbocycles. The van der Waals surface area contributed by atoms with Crippen LogP contribution in [0.3, 0.4) is 0 Å². The average molecular weight is 315 g/mol. The highest BCUT2D eigenvalue weighted by Gasteiger charge is 2.47. The quantitative estimate of drug-likeness (QED) is 0.727. The molecule has 0 amide bonds. The number of hydrogen-bond acceptors (Lipinski definition) is 2. The van der Waals surface area contributed by atoms with Crippen molar-refractivity contribution >= 4 is 23.0 Å². The fraction of sp³-hybridized carbons (Fsp3) is 0.778. The zero-order chi connectivity index (χ0) is 10.2. The number of hydrogen-bond donors (Lipinski definition) is 0. The van der Waals surface area contributed by atoms with Crippen molar-refractivity contribution in [2.24, 2.45) is 0 Å². The summed E-state index contributed by atoms with van der Waals surface area (Å²) in [6, 6.07) is 0. The average Bonchev–Trinajstić information content (AvgIpc) is 2.60. The van der Waals surface area contributed by atoms with Gasteiger partial charge in [-0.1, -0.05) is 0 Å². The zero-order valence-corrected chi connectivity index (χ0v) is 9.89. The number of halogens is 3. The number of rotatable bonds is 2. The van der Waals surface area contributed by atoms with E-state index in [4.69, 9.17) is 3.07 Å². The van der Waals surface area contributed by atoms with Gasteiger partial charge in [-0.05, 0) is 25.8 Å². The summed E-state index contributed by atoms with van der Waals surface area (Å²) >= 11 is 1.84. The summed E-state index contributed by atoms with van der Waals surface area (Å²) in [5, 5.41) is 0. The van der Waals surface area contributed by atoms with E-state index in [0.29, 0.717) is 25.1 Å². The largest absolute Gasteiger partial charge is 0.314 e. The summed E-state index contributed by atoms with van der Waals surface area (Å²) < 4.78 is 30.1. The van der Waals surface area contributed by atoms with Crippen LogP contribution >= 0.6 is 23.0 Å². The van der Waals surface area contributed by atoms with E-state index in [9.17, 15) is 8.78 Å². The third kappa shape index (κ3) is 1.69. The Kier molecular flexibility index (Phi) is 3.09. The molecule has 0 aromatic carbocycles. The van der Waals surface area contributed by atoms with Gasteiger partial charge in [-0.15, -0.1) is 0 Å². The smallest absolute Gasteiger partial charge is 0.270 e. The molecule has 0 aromatic rings. The molecule has 0 N–H and O–H groups in total. The second-order valence-corrected chi connectivity index (χ2v) is 4.67. The highest BCUT2D eigenvalue weighted by molar-refractivity contribution is 14.1. The van der Waals surface area contributed by atoms with Crippen molar-refractivity contribution in [1.82, 2.24) is 4.90 Å². The molecule has 0 spiro atoms. The van der Waals surface area contributed by atoms with E-state index in [-0.39, 0.29) is 5.54 Å². The van der Waals surface area contributed by atoms with Gasteiger partial charge < -0.3 is 3.07 Å². The van der Waals surface area contributed by atoms with Gasteiger partial charge in [0.25, 0.3) is 6.08 Å². The Balaban J connectivity index is 2.19. The lowest BCUT2D eigenvalue weighted by Crippen LogP contribution is -2.41. The molecule has 14 heavy (non-hydrogen) atoms. The van der Waals surface area contributed by atoms with Crippen molar-refractivity contribution < 1.29 is 11.8 Å². The zero-order valence-electron chi connectivity index (χ0n) is 7.73.